The Hall–Kier alpha value is -1.17. The molecule has 4 heteroatoms. The summed E-state index contributed by atoms with van der Waals surface area (Å²) in [7, 11) is 0. The van der Waals surface area contributed by atoms with E-state index in [-0.39, 0.29) is 35.5 Å². The molecule has 4 atom stereocenters. The van der Waals surface area contributed by atoms with Crippen molar-refractivity contribution in [2.75, 3.05) is 4.90 Å². The van der Waals surface area contributed by atoms with E-state index in [1.807, 2.05) is 25.1 Å². The van der Waals surface area contributed by atoms with Gasteiger partial charge in [0.15, 0.2) is 0 Å². The molecule has 2 bridgehead atoms. The highest BCUT2D eigenvalue weighted by atomic mass is 127. The van der Waals surface area contributed by atoms with E-state index < -0.39 is 0 Å². The summed E-state index contributed by atoms with van der Waals surface area (Å²) >= 11 is 2.24. The van der Waals surface area contributed by atoms with Gasteiger partial charge in [-0.2, -0.15) is 0 Å². The Balaban J connectivity index is 1.78. The second kappa shape index (κ2) is 4.16. The highest BCUT2D eigenvalue weighted by Crippen LogP contribution is 2.53. The van der Waals surface area contributed by atoms with Gasteiger partial charge in [0.05, 0.1) is 17.5 Å². The first-order chi connectivity index (χ1) is 9.58. The van der Waals surface area contributed by atoms with Crippen LogP contribution in [0.2, 0.25) is 0 Å². The number of nitrogens with zero attached hydrogens (tertiary/aromatic N) is 1. The summed E-state index contributed by atoms with van der Waals surface area (Å²) in [6, 6.07) is 5.85. The molecule has 2 amide bonds. The number of hydrogen-bond acceptors (Lipinski definition) is 2. The molecule has 1 aromatic carbocycles. The minimum Gasteiger partial charge on any atom is -0.274 e. The summed E-state index contributed by atoms with van der Waals surface area (Å²) in [5, 5.41) is 0. The summed E-state index contributed by atoms with van der Waals surface area (Å²) < 4.78 is 1.12. The van der Waals surface area contributed by atoms with Crippen LogP contribution in [0.1, 0.15) is 12.0 Å². The van der Waals surface area contributed by atoms with Crippen LogP contribution in [0.3, 0.4) is 0 Å². The first-order valence-corrected chi connectivity index (χ1v) is 7.98. The molecule has 0 radical (unpaired) electrons. The van der Waals surface area contributed by atoms with Crippen molar-refractivity contribution < 1.29 is 9.59 Å². The number of amides is 2. The Bertz CT molecular complexity index is 636. The number of carbonyl (C=O) groups excluding carboxylic acids is 2. The number of aryl methyl sites for hydroxylation is 1. The molecule has 20 heavy (non-hydrogen) atoms. The summed E-state index contributed by atoms with van der Waals surface area (Å²) in [5.74, 6) is 0.320. The van der Waals surface area contributed by atoms with Crippen molar-refractivity contribution >= 4 is 40.1 Å². The van der Waals surface area contributed by atoms with Crippen LogP contribution >= 0.6 is 22.6 Å². The lowest BCUT2D eigenvalue weighted by molar-refractivity contribution is -0.123. The van der Waals surface area contributed by atoms with Crippen molar-refractivity contribution in [2.45, 2.75) is 13.3 Å². The Morgan fingerprint density at radius 2 is 1.70 bits per heavy atom. The third-order valence-electron chi connectivity index (χ3n) is 4.87. The van der Waals surface area contributed by atoms with Crippen LogP contribution in [0.5, 0.6) is 0 Å². The van der Waals surface area contributed by atoms with Gasteiger partial charge in [-0.05, 0) is 71.5 Å². The second-order valence-electron chi connectivity index (χ2n) is 5.94. The van der Waals surface area contributed by atoms with Gasteiger partial charge in [0.2, 0.25) is 11.8 Å². The van der Waals surface area contributed by atoms with E-state index in [4.69, 9.17) is 0 Å². The van der Waals surface area contributed by atoms with E-state index in [9.17, 15) is 9.59 Å². The zero-order valence-corrected chi connectivity index (χ0v) is 13.2. The van der Waals surface area contributed by atoms with Crippen molar-refractivity contribution in [2.24, 2.45) is 23.7 Å². The van der Waals surface area contributed by atoms with Crippen LogP contribution < -0.4 is 4.90 Å². The molecule has 0 spiro atoms. The fraction of sp³-hybridized carbons (Fsp3) is 0.375. The Morgan fingerprint density at radius 1 is 1.10 bits per heavy atom. The zero-order valence-electron chi connectivity index (χ0n) is 11.0. The molecule has 102 valence electrons. The van der Waals surface area contributed by atoms with E-state index in [1.165, 1.54) is 4.90 Å². The number of benzene rings is 1. The number of fused-ring (bicyclic) bond motifs is 5. The SMILES string of the molecule is Cc1cc(I)ccc1N1C(=O)[C@H]2[C@H](C1=O)[C@H]1C=C[C@H]2C1. The van der Waals surface area contributed by atoms with Gasteiger partial charge in [-0.25, -0.2) is 4.90 Å². The number of anilines is 1. The largest absolute Gasteiger partial charge is 0.274 e. The van der Waals surface area contributed by atoms with Crippen molar-refractivity contribution in [1.82, 2.24) is 0 Å². The third kappa shape index (κ3) is 1.51. The molecule has 1 heterocycles. The molecule has 1 saturated carbocycles. The van der Waals surface area contributed by atoms with Crippen LogP contribution in [-0.2, 0) is 9.59 Å². The second-order valence-corrected chi connectivity index (χ2v) is 7.19. The lowest BCUT2D eigenvalue weighted by atomic mass is 9.85. The predicted octanol–water partition coefficient (Wildman–Crippen LogP) is 2.91. The van der Waals surface area contributed by atoms with Crippen molar-refractivity contribution in [3.05, 3.63) is 39.5 Å². The van der Waals surface area contributed by atoms with Crippen molar-refractivity contribution in [1.29, 1.82) is 0 Å². The highest BCUT2D eigenvalue weighted by molar-refractivity contribution is 14.1. The Kier molecular flexibility index (Phi) is 2.61. The fourth-order valence-electron chi connectivity index (χ4n) is 4.01. The van der Waals surface area contributed by atoms with Gasteiger partial charge in [-0.1, -0.05) is 12.2 Å². The smallest absolute Gasteiger partial charge is 0.238 e. The molecule has 4 rings (SSSR count). The number of hydrogen-bond donors (Lipinski definition) is 0. The zero-order chi connectivity index (χ0) is 14.0. The molecule has 2 fully saturated rings. The first kappa shape index (κ1) is 12.6. The molecular weight excluding hydrogens is 365 g/mol. The van der Waals surface area contributed by atoms with Crippen LogP contribution in [0.25, 0.3) is 0 Å². The minimum atomic E-state index is -0.115. The van der Waals surface area contributed by atoms with Crippen LogP contribution in [0.4, 0.5) is 5.69 Å². The van der Waals surface area contributed by atoms with Crippen LogP contribution in [-0.4, -0.2) is 11.8 Å². The van der Waals surface area contributed by atoms with Gasteiger partial charge < -0.3 is 0 Å². The quantitative estimate of drug-likeness (QED) is 0.428. The van der Waals surface area contributed by atoms with Gasteiger partial charge in [0, 0.05) is 3.57 Å². The average molecular weight is 379 g/mol. The van der Waals surface area contributed by atoms with Gasteiger partial charge >= 0.3 is 0 Å². The summed E-state index contributed by atoms with van der Waals surface area (Å²) in [6.07, 6.45) is 5.23. The van der Waals surface area contributed by atoms with E-state index in [0.717, 1.165) is 21.2 Å². The molecule has 3 aliphatic rings. The Morgan fingerprint density at radius 3 is 2.25 bits per heavy atom. The lowest BCUT2D eigenvalue weighted by Gasteiger charge is -2.19. The number of carbonyl (C=O) groups is 2. The van der Waals surface area contributed by atoms with Crippen molar-refractivity contribution in [3.8, 4) is 0 Å². The molecule has 3 nitrogen and oxygen atoms in total. The maximum atomic E-state index is 12.7. The molecule has 1 aromatic rings. The predicted molar refractivity (Wildman–Crippen MR) is 84.1 cm³/mol. The molecule has 0 unspecified atom stereocenters. The monoisotopic (exact) mass is 379 g/mol. The highest BCUT2D eigenvalue weighted by Gasteiger charge is 2.59. The maximum Gasteiger partial charge on any atom is 0.238 e. The van der Waals surface area contributed by atoms with E-state index in [2.05, 4.69) is 34.7 Å². The standard InChI is InChI=1S/C16H14INO2/c1-8-6-11(17)4-5-12(8)18-15(19)13-9-2-3-10(7-9)14(13)16(18)20/h2-6,9-10,13-14H,7H2,1H3/t9-,10-,13+,14+/m0/s1. The summed E-state index contributed by atoms with van der Waals surface area (Å²) in [4.78, 5) is 26.8. The molecule has 0 aromatic heterocycles. The van der Waals surface area contributed by atoms with Gasteiger partial charge in [0.1, 0.15) is 0 Å². The average Bonchev–Trinajstić information content (AvgIpc) is 3.06. The molecule has 1 saturated heterocycles. The fourth-order valence-corrected chi connectivity index (χ4v) is 4.66. The first-order valence-electron chi connectivity index (χ1n) is 6.90. The Labute approximate surface area is 131 Å². The molecule has 2 aliphatic carbocycles. The summed E-state index contributed by atoms with van der Waals surface area (Å²) in [6.45, 7) is 1.96. The normalized spacial score (nSPS) is 34.2. The van der Waals surface area contributed by atoms with E-state index in [1.54, 1.807) is 0 Å². The molecule has 0 N–H and O–H groups in total. The van der Waals surface area contributed by atoms with Gasteiger partial charge in [-0.3, -0.25) is 9.59 Å². The summed E-state index contributed by atoms with van der Waals surface area (Å²) in [5.41, 5.74) is 1.74. The molecule has 1 aliphatic heterocycles. The number of allylic oxidation sites excluding steroid dienone is 2. The van der Waals surface area contributed by atoms with E-state index >= 15 is 0 Å². The number of halogens is 1. The van der Waals surface area contributed by atoms with Gasteiger partial charge in [-0.15, -0.1) is 0 Å². The number of imide groups is 1. The van der Waals surface area contributed by atoms with E-state index in [0.29, 0.717) is 0 Å². The molecular formula is C16H14INO2. The van der Waals surface area contributed by atoms with Crippen molar-refractivity contribution in [3.63, 3.8) is 0 Å². The third-order valence-corrected chi connectivity index (χ3v) is 5.54. The van der Waals surface area contributed by atoms with Crippen LogP contribution in [0.15, 0.2) is 30.4 Å². The maximum absolute atomic E-state index is 12.7. The number of rotatable bonds is 1. The topological polar surface area (TPSA) is 37.4 Å². The minimum absolute atomic E-state index is 0.00107. The lowest BCUT2D eigenvalue weighted by Crippen LogP contribution is -2.33. The van der Waals surface area contributed by atoms with Gasteiger partial charge in [0.25, 0.3) is 0 Å². The van der Waals surface area contributed by atoms with Crippen LogP contribution in [0, 0.1) is 34.2 Å².